The Balaban J connectivity index is 2.50. The van der Waals surface area contributed by atoms with Crippen LogP contribution in [-0.4, -0.2) is 10.2 Å². The summed E-state index contributed by atoms with van der Waals surface area (Å²) in [5.74, 6) is -1.18. The molecule has 0 amide bonds. The van der Waals surface area contributed by atoms with Crippen LogP contribution >= 0.6 is 22.6 Å². The quantitative estimate of drug-likeness (QED) is 0.456. The van der Waals surface area contributed by atoms with Gasteiger partial charge in [-0.3, -0.25) is 4.79 Å². The fraction of sp³-hybridized carbons (Fsp3) is 0.0714. The SMILES string of the molecule is O=C(CI)c1cc(-c2cccc(F)c2)ccc1F. The molecule has 0 unspecified atom stereocenters. The second kappa shape index (κ2) is 5.56. The fourth-order valence-electron chi connectivity index (χ4n) is 1.66. The number of halogens is 3. The van der Waals surface area contributed by atoms with Crippen molar-refractivity contribution in [2.24, 2.45) is 0 Å². The maximum absolute atomic E-state index is 13.5. The summed E-state index contributed by atoms with van der Waals surface area (Å²) in [5, 5.41) is 0. The molecule has 2 aromatic carbocycles. The summed E-state index contributed by atoms with van der Waals surface area (Å²) in [6.45, 7) is 0. The van der Waals surface area contributed by atoms with E-state index in [9.17, 15) is 13.6 Å². The lowest BCUT2D eigenvalue weighted by atomic mass is 10.0. The number of carbonyl (C=O) groups is 1. The number of benzene rings is 2. The van der Waals surface area contributed by atoms with Crippen molar-refractivity contribution >= 4 is 28.4 Å². The first-order chi connectivity index (χ1) is 8.61. The molecule has 92 valence electrons. The van der Waals surface area contributed by atoms with Gasteiger partial charge in [0.2, 0.25) is 0 Å². The maximum atomic E-state index is 13.5. The van der Waals surface area contributed by atoms with E-state index in [1.165, 1.54) is 30.3 Å². The zero-order chi connectivity index (χ0) is 13.1. The van der Waals surface area contributed by atoms with Crippen LogP contribution in [0.2, 0.25) is 0 Å². The lowest BCUT2D eigenvalue weighted by molar-refractivity contribution is 0.102. The second-order valence-electron chi connectivity index (χ2n) is 3.76. The number of carbonyl (C=O) groups excluding carboxylic acids is 1. The highest BCUT2D eigenvalue weighted by Gasteiger charge is 2.12. The Bertz CT molecular complexity index is 596. The Morgan fingerprint density at radius 1 is 1.06 bits per heavy atom. The second-order valence-corrected chi connectivity index (χ2v) is 4.52. The minimum Gasteiger partial charge on any atom is -0.293 e. The van der Waals surface area contributed by atoms with Crippen molar-refractivity contribution in [3.63, 3.8) is 0 Å². The molecule has 2 aromatic rings. The Kier molecular flexibility index (Phi) is 4.06. The molecule has 18 heavy (non-hydrogen) atoms. The van der Waals surface area contributed by atoms with Gasteiger partial charge in [0.1, 0.15) is 11.6 Å². The molecule has 0 atom stereocenters. The van der Waals surface area contributed by atoms with Crippen LogP contribution in [0.4, 0.5) is 8.78 Å². The van der Waals surface area contributed by atoms with E-state index in [-0.39, 0.29) is 21.6 Å². The Morgan fingerprint density at radius 2 is 1.78 bits per heavy atom. The van der Waals surface area contributed by atoms with Crippen molar-refractivity contribution in [1.82, 2.24) is 0 Å². The van der Waals surface area contributed by atoms with E-state index in [1.54, 1.807) is 12.1 Å². The maximum Gasteiger partial charge on any atom is 0.175 e. The molecule has 0 fully saturated rings. The monoisotopic (exact) mass is 358 g/mol. The van der Waals surface area contributed by atoms with Gasteiger partial charge < -0.3 is 0 Å². The molecular weight excluding hydrogens is 349 g/mol. The van der Waals surface area contributed by atoms with Gasteiger partial charge in [-0.2, -0.15) is 0 Å². The average Bonchev–Trinajstić information content (AvgIpc) is 2.38. The number of hydrogen-bond donors (Lipinski definition) is 0. The summed E-state index contributed by atoms with van der Waals surface area (Å²) in [6.07, 6.45) is 0. The number of rotatable bonds is 3. The summed E-state index contributed by atoms with van der Waals surface area (Å²) >= 11 is 1.89. The largest absolute Gasteiger partial charge is 0.293 e. The molecule has 0 aliphatic heterocycles. The molecule has 2 rings (SSSR count). The molecule has 0 radical (unpaired) electrons. The van der Waals surface area contributed by atoms with E-state index < -0.39 is 5.82 Å². The predicted octanol–water partition coefficient (Wildman–Crippen LogP) is 4.25. The van der Waals surface area contributed by atoms with Crippen molar-refractivity contribution in [2.45, 2.75) is 0 Å². The first-order valence-corrected chi connectivity index (χ1v) is 6.79. The zero-order valence-electron chi connectivity index (χ0n) is 9.29. The smallest absolute Gasteiger partial charge is 0.175 e. The van der Waals surface area contributed by atoms with Crippen LogP contribution in [0.5, 0.6) is 0 Å². The van der Waals surface area contributed by atoms with E-state index in [0.29, 0.717) is 11.1 Å². The highest BCUT2D eigenvalue weighted by Crippen LogP contribution is 2.23. The van der Waals surface area contributed by atoms with Gasteiger partial charge in [0, 0.05) is 0 Å². The minimum absolute atomic E-state index is 0.0474. The molecule has 0 heterocycles. The van der Waals surface area contributed by atoms with Gasteiger partial charge in [0.05, 0.1) is 9.99 Å². The molecule has 1 nitrogen and oxygen atoms in total. The number of alkyl halides is 1. The van der Waals surface area contributed by atoms with Gasteiger partial charge in [-0.1, -0.05) is 40.8 Å². The molecule has 0 bridgehead atoms. The normalized spacial score (nSPS) is 10.4. The fourth-order valence-corrected chi connectivity index (χ4v) is 2.07. The van der Waals surface area contributed by atoms with Crippen LogP contribution in [0.25, 0.3) is 11.1 Å². The molecule has 0 N–H and O–H groups in total. The first kappa shape index (κ1) is 13.1. The van der Waals surface area contributed by atoms with Crippen LogP contribution in [0.1, 0.15) is 10.4 Å². The lowest BCUT2D eigenvalue weighted by Gasteiger charge is -2.05. The van der Waals surface area contributed by atoms with Crippen molar-refractivity contribution in [2.75, 3.05) is 4.43 Å². The molecule has 0 saturated carbocycles. The van der Waals surface area contributed by atoms with E-state index in [0.717, 1.165) is 0 Å². The van der Waals surface area contributed by atoms with E-state index >= 15 is 0 Å². The average molecular weight is 358 g/mol. The Labute approximate surface area is 117 Å². The predicted molar refractivity (Wildman–Crippen MR) is 75.0 cm³/mol. The van der Waals surface area contributed by atoms with Gasteiger partial charge in [-0.15, -0.1) is 0 Å². The molecule has 0 saturated heterocycles. The summed E-state index contributed by atoms with van der Waals surface area (Å²) in [5.41, 5.74) is 1.30. The number of Topliss-reactive ketones (excluding diaryl/α,β-unsaturated/α-hetero) is 1. The third-order valence-corrected chi connectivity index (χ3v) is 3.24. The third kappa shape index (κ3) is 2.75. The Morgan fingerprint density at radius 3 is 2.44 bits per heavy atom. The zero-order valence-corrected chi connectivity index (χ0v) is 11.4. The van der Waals surface area contributed by atoms with Crippen molar-refractivity contribution < 1.29 is 13.6 Å². The van der Waals surface area contributed by atoms with E-state index in [2.05, 4.69) is 0 Å². The summed E-state index contributed by atoms with van der Waals surface area (Å²) in [4.78, 5) is 11.6. The number of hydrogen-bond acceptors (Lipinski definition) is 1. The van der Waals surface area contributed by atoms with Crippen molar-refractivity contribution in [1.29, 1.82) is 0 Å². The highest BCUT2D eigenvalue weighted by molar-refractivity contribution is 14.1. The molecule has 0 spiro atoms. The van der Waals surface area contributed by atoms with Crippen LogP contribution in [-0.2, 0) is 0 Å². The molecular formula is C14H9F2IO. The summed E-state index contributed by atoms with van der Waals surface area (Å²) in [7, 11) is 0. The van der Waals surface area contributed by atoms with Crippen molar-refractivity contribution in [3.05, 3.63) is 59.7 Å². The third-order valence-electron chi connectivity index (χ3n) is 2.55. The minimum atomic E-state index is -0.545. The van der Waals surface area contributed by atoms with Crippen molar-refractivity contribution in [3.8, 4) is 11.1 Å². The van der Waals surface area contributed by atoms with Gasteiger partial charge in [0.15, 0.2) is 5.78 Å². The summed E-state index contributed by atoms with van der Waals surface area (Å²) < 4.78 is 26.8. The molecule has 4 heteroatoms. The topological polar surface area (TPSA) is 17.1 Å². The lowest BCUT2D eigenvalue weighted by Crippen LogP contribution is -2.03. The first-order valence-electron chi connectivity index (χ1n) is 5.26. The number of ketones is 1. The highest BCUT2D eigenvalue weighted by atomic mass is 127. The van der Waals surface area contributed by atoms with Crippen LogP contribution in [0.15, 0.2) is 42.5 Å². The van der Waals surface area contributed by atoms with Gasteiger partial charge >= 0.3 is 0 Å². The molecule has 0 aliphatic carbocycles. The standard InChI is InChI=1S/C14H9F2IO/c15-11-3-1-2-9(6-11)10-4-5-13(16)12(7-10)14(18)8-17/h1-7H,8H2. The van der Waals surface area contributed by atoms with Gasteiger partial charge in [-0.05, 0) is 35.4 Å². The van der Waals surface area contributed by atoms with Crippen LogP contribution < -0.4 is 0 Å². The molecule has 0 aromatic heterocycles. The van der Waals surface area contributed by atoms with Gasteiger partial charge in [0.25, 0.3) is 0 Å². The summed E-state index contributed by atoms with van der Waals surface area (Å²) in [6, 6.07) is 10.2. The van der Waals surface area contributed by atoms with Crippen LogP contribution in [0.3, 0.4) is 0 Å². The van der Waals surface area contributed by atoms with Gasteiger partial charge in [-0.25, -0.2) is 8.78 Å². The van der Waals surface area contributed by atoms with E-state index in [4.69, 9.17) is 0 Å². The van der Waals surface area contributed by atoms with Crippen LogP contribution in [0, 0.1) is 11.6 Å². The molecule has 0 aliphatic rings. The van der Waals surface area contributed by atoms with E-state index in [1.807, 2.05) is 22.6 Å². The Hall–Kier alpha value is -1.30.